The van der Waals surface area contributed by atoms with Gasteiger partial charge in [0.2, 0.25) is 0 Å². The van der Waals surface area contributed by atoms with Crippen LogP contribution in [0.5, 0.6) is 11.5 Å². The summed E-state index contributed by atoms with van der Waals surface area (Å²) in [6.45, 7) is 2.17. The normalized spacial score (nSPS) is 10.9. The van der Waals surface area contributed by atoms with Crippen molar-refractivity contribution < 1.29 is 9.47 Å². The fourth-order valence-electron chi connectivity index (χ4n) is 3.06. The zero-order valence-electron chi connectivity index (χ0n) is 16.3. The lowest BCUT2D eigenvalue weighted by Gasteiger charge is -2.15. The Morgan fingerprint density at radius 1 is 1.07 bits per heavy atom. The first-order chi connectivity index (χ1) is 14.1. The third-order valence-corrected chi connectivity index (χ3v) is 4.58. The van der Waals surface area contributed by atoms with Gasteiger partial charge in [0, 0.05) is 19.4 Å². The number of aryl methyl sites for hydroxylation is 2. The summed E-state index contributed by atoms with van der Waals surface area (Å²) < 4.78 is 15.7. The van der Waals surface area contributed by atoms with Crippen molar-refractivity contribution in [2.45, 2.75) is 13.5 Å². The Labute approximate surface area is 166 Å². The molecule has 29 heavy (non-hydrogen) atoms. The van der Waals surface area contributed by atoms with Gasteiger partial charge in [0.15, 0.2) is 0 Å². The van der Waals surface area contributed by atoms with E-state index in [1.807, 2.05) is 43.5 Å². The molecular formula is C20H20N6O3. The number of benzene rings is 2. The first-order valence-electron chi connectivity index (χ1n) is 8.97. The summed E-state index contributed by atoms with van der Waals surface area (Å²) in [5.41, 5.74) is 2.83. The van der Waals surface area contributed by atoms with Crippen LogP contribution in [-0.2, 0) is 13.7 Å². The molecule has 9 heteroatoms. The van der Waals surface area contributed by atoms with Crippen molar-refractivity contribution in [1.82, 2.24) is 29.6 Å². The molecule has 0 fully saturated rings. The second kappa shape index (κ2) is 7.63. The monoisotopic (exact) mass is 392 g/mol. The molecule has 0 radical (unpaired) electrons. The highest BCUT2D eigenvalue weighted by atomic mass is 16.5. The number of ether oxygens (including phenoxy) is 2. The topological polar surface area (TPSA) is 89.0 Å². The van der Waals surface area contributed by atoms with Gasteiger partial charge in [0.1, 0.15) is 18.1 Å². The van der Waals surface area contributed by atoms with Gasteiger partial charge < -0.3 is 9.47 Å². The summed E-state index contributed by atoms with van der Waals surface area (Å²) >= 11 is 0. The van der Waals surface area contributed by atoms with Gasteiger partial charge in [-0.25, -0.2) is 9.48 Å². The maximum atomic E-state index is 12.3. The number of nitrogens with zero attached hydrogens (tertiary/aromatic N) is 6. The van der Waals surface area contributed by atoms with Crippen molar-refractivity contribution in [2.75, 3.05) is 7.11 Å². The molecule has 4 rings (SSSR count). The Kier molecular flexibility index (Phi) is 4.86. The molecule has 0 N–H and O–H groups in total. The fourth-order valence-corrected chi connectivity index (χ4v) is 3.06. The molecule has 0 saturated heterocycles. The highest BCUT2D eigenvalue weighted by molar-refractivity contribution is 5.49. The van der Waals surface area contributed by atoms with Crippen molar-refractivity contribution in [3.8, 4) is 22.9 Å². The molecule has 0 spiro atoms. The molecule has 2 aromatic heterocycles. The van der Waals surface area contributed by atoms with E-state index in [1.165, 1.54) is 9.36 Å². The summed E-state index contributed by atoms with van der Waals surface area (Å²) in [7, 11) is 3.12. The van der Waals surface area contributed by atoms with E-state index in [0.717, 1.165) is 17.0 Å². The zero-order valence-corrected chi connectivity index (χ0v) is 16.3. The number of hydrogen-bond acceptors (Lipinski definition) is 6. The molecule has 0 unspecified atom stereocenters. The third kappa shape index (κ3) is 3.49. The molecule has 0 atom stereocenters. The van der Waals surface area contributed by atoms with Crippen molar-refractivity contribution in [1.29, 1.82) is 0 Å². The van der Waals surface area contributed by atoms with E-state index < -0.39 is 0 Å². The SMILES string of the molecule is COc1cccc(-n2nnn(C)c2=O)c1COc1ccc(-n2cccn2)cc1C. The predicted molar refractivity (Wildman–Crippen MR) is 106 cm³/mol. The van der Waals surface area contributed by atoms with E-state index in [4.69, 9.17) is 9.47 Å². The number of hydrogen-bond donors (Lipinski definition) is 0. The van der Waals surface area contributed by atoms with Crippen molar-refractivity contribution in [3.63, 3.8) is 0 Å². The van der Waals surface area contributed by atoms with Crippen LogP contribution < -0.4 is 15.2 Å². The van der Waals surface area contributed by atoms with Gasteiger partial charge in [-0.05, 0) is 59.3 Å². The average Bonchev–Trinajstić information content (AvgIpc) is 3.38. The smallest absolute Gasteiger partial charge is 0.368 e. The molecular weight excluding hydrogens is 372 g/mol. The second-order valence-corrected chi connectivity index (χ2v) is 6.44. The molecule has 0 saturated carbocycles. The van der Waals surface area contributed by atoms with Crippen LogP contribution in [-0.4, -0.2) is 36.7 Å². The Balaban J connectivity index is 1.65. The van der Waals surface area contributed by atoms with E-state index in [0.29, 0.717) is 17.0 Å². The molecule has 0 bridgehead atoms. The van der Waals surface area contributed by atoms with Gasteiger partial charge in [0.05, 0.1) is 24.0 Å². The highest BCUT2D eigenvalue weighted by Gasteiger charge is 2.16. The number of aromatic nitrogens is 6. The summed E-state index contributed by atoms with van der Waals surface area (Å²) in [4.78, 5) is 12.3. The first-order valence-corrected chi connectivity index (χ1v) is 8.97. The third-order valence-electron chi connectivity index (χ3n) is 4.58. The molecule has 0 aliphatic rings. The standard InChI is InChI=1S/C20H20N6O3/c1-14-12-15(25-11-5-10-21-25)8-9-18(14)29-13-16-17(6-4-7-19(16)28-3)26-20(27)24(2)22-23-26/h4-12H,13H2,1-3H3. The van der Waals surface area contributed by atoms with E-state index in [9.17, 15) is 4.79 Å². The van der Waals surface area contributed by atoms with Crippen LogP contribution in [0.2, 0.25) is 0 Å². The van der Waals surface area contributed by atoms with Crippen molar-refractivity contribution in [2.24, 2.45) is 7.05 Å². The molecule has 0 aliphatic carbocycles. The lowest BCUT2D eigenvalue weighted by molar-refractivity contribution is 0.294. The van der Waals surface area contributed by atoms with Gasteiger partial charge in [-0.2, -0.15) is 14.5 Å². The van der Waals surface area contributed by atoms with Crippen molar-refractivity contribution >= 4 is 0 Å². The van der Waals surface area contributed by atoms with Crippen LogP contribution in [0.1, 0.15) is 11.1 Å². The fraction of sp³-hybridized carbons (Fsp3) is 0.200. The van der Waals surface area contributed by atoms with Gasteiger partial charge in [-0.3, -0.25) is 0 Å². The summed E-state index contributed by atoms with van der Waals surface area (Å²) in [5, 5.41) is 12.0. The largest absolute Gasteiger partial charge is 0.496 e. The van der Waals surface area contributed by atoms with Crippen molar-refractivity contribution in [3.05, 3.63) is 76.5 Å². The quantitative estimate of drug-likeness (QED) is 0.499. The highest BCUT2D eigenvalue weighted by Crippen LogP contribution is 2.28. The molecule has 148 valence electrons. The number of tetrazole rings is 1. The van der Waals surface area contributed by atoms with Crippen LogP contribution in [0.25, 0.3) is 11.4 Å². The van der Waals surface area contributed by atoms with Crippen LogP contribution in [0.15, 0.2) is 59.7 Å². The van der Waals surface area contributed by atoms with Gasteiger partial charge >= 0.3 is 5.69 Å². The van der Waals surface area contributed by atoms with Crippen LogP contribution >= 0.6 is 0 Å². The van der Waals surface area contributed by atoms with E-state index in [1.54, 1.807) is 37.2 Å². The maximum Gasteiger partial charge on any atom is 0.368 e. The molecule has 0 amide bonds. The Hall–Kier alpha value is -3.88. The second-order valence-electron chi connectivity index (χ2n) is 6.44. The lowest BCUT2D eigenvalue weighted by atomic mass is 10.1. The van der Waals surface area contributed by atoms with Gasteiger partial charge in [0.25, 0.3) is 0 Å². The number of methoxy groups -OCH3 is 1. The Morgan fingerprint density at radius 3 is 2.59 bits per heavy atom. The minimum absolute atomic E-state index is 0.199. The van der Waals surface area contributed by atoms with Crippen LogP contribution in [0.3, 0.4) is 0 Å². The first kappa shape index (κ1) is 18.5. The predicted octanol–water partition coefficient (Wildman–Crippen LogP) is 2.05. The van der Waals surface area contributed by atoms with E-state index >= 15 is 0 Å². The van der Waals surface area contributed by atoms with Crippen LogP contribution in [0.4, 0.5) is 0 Å². The van der Waals surface area contributed by atoms with Gasteiger partial charge in [-0.1, -0.05) is 6.07 Å². The van der Waals surface area contributed by atoms with Crippen LogP contribution in [0, 0.1) is 6.92 Å². The minimum atomic E-state index is -0.348. The molecule has 0 aliphatic heterocycles. The summed E-state index contributed by atoms with van der Waals surface area (Å²) in [6, 6.07) is 13.1. The van der Waals surface area contributed by atoms with E-state index in [2.05, 4.69) is 15.5 Å². The average molecular weight is 392 g/mol. The summed E-state index contributed by atoms with van der Waals surface area (Å²) in [6.07, 6.45) is 3.62. The molecule has 4 aromatic rings. The lowest BCUT2D eigenvalue weighted by Crippen LogP contribution is -2.23. The maximum absolute atomic E-state index is 12.3. The summed E-state index contributed by atoms with van der Waals surface area (Å²) in [5.74, 6) is 1.33. The Morgan fingerprint density at radius 2 is 1.93 bits per heavy atom. The molecule has 9 nitrogen and oxygen atoms in total. The molecule has 2 aromatic carbocycles. The van der Waals surface area contributed by atoms with Gasteiger partial charge in [-0.15, -0.1) is 0 Å². The van der Waals surface area contributed by atoms with E-state index in [-0.39, 0.29) is 12.3 Å². The minimum Gasteiger partial charge on any atom is -0.496 e. The molecule has 2 heterocycles. The zero-order chi connectivity index (χ0) is 20.4. The Bertz CT molecular complexity index is 1190. The number of rotatable bonds is 6.